The summed E-state index contributed by atoms with van der Waals surface area (Å²) in [5.41, 5.74) is 2.72. The lowest BCUT2D eigenvalue weighted by Crippen LogP contribution is -2.30. The minimum atomic E-state index is -3.81. The summed E-state index contributed by atoms with van der Waals surface area (Å²) < 4.78 is 33.3. The first kappa shape index (κ1) is 19.9. The molecule has 30 heavy (non-hydrogen) atoms. The zero-order chi connectivity index (χ0) is 21.1. The molecule has 1 aliphatic heterocycles. The molecule has 0 unspecified atom stereocenters. The van der Waals surface area contributed by atoms with E-state index in [1.807, 2.05) is 18.2 Å². The van der Waals surface area contributed by atoms with Gasteiger partial charge in [0.05, 0.1) is 23.3 Å². The predicted molar refractivity (Wildman–Crippen MR) is 113 cm³/mol. The van der Waals surface area contributed by atoms with Crippen molar-refractivity contribution in [2.75, 3.05) is 18.0 Å². The fraction of sp³-hybridized carbons (Fsp3) is 0.182. The standard InChI is InChI=1S/C22H21N3O4S/c1-29-21-7-6-18(14-19(21)22(26)24-15-16-8-11-23-12-9-16)30(27,28)25-13-10-17-4-2-3-5-20(17)25/h2-9,11-12,14H,10,13,15H2,1H3,(H,24,26). The molecule has 1 aliphatic rings. The van der Waals surface area contributed by atoms with Crippen molar-refractivity contribution >= 4 is 21.6 Å². The summed E-state index contributed by atoms with van der Waals surface area (Å²) in [7, 11) is -2.37. The van der Waals surface area contributed by atoms with Gasteiger partial charge in [0, 0.05) is 25.5 Å². The molecule has 2 aromatic carbocycles. The number of nitrogens with one attached hydrogen (secondary N) is 1. The zero-order valence-corrected chi connectivity index (χ0v) is 17.2. The Hall–Kier alpha value is -3.39. The molecule has 4 rings (SSSR count). The van der Waals surface area contributed by atoms with E-state index >= 15 is 0 Å². The Balaban J connectivity index is 1.63. The zero-order valence-electron chi connectivity index (χ0n) is 16.4. The molecule has 0 spiro atoms. The maximum Gasteiger partial charge on any atom is 0.264 e. The number of anilines is 1. The average Bonchev–Trinajstić information content (AvgIpc) is 3.23. The molecule has 8 heteroatoms. The van der Waals surface area contributed by atoms with E-state index in [9.17, 15) is 13.2 Å². The molecular weight excluding hydrogens is 402 g/mol. The van der Waals surface area contributed by atoms with Crippen molar-refractivity contribution in [1.29, 1.82) is 0 Å². The van der Waals surface area contributed by atoms with Gasteiger partial charge in [0.2, 0.25) is 0 Å². The third-order valence-corrected chi connectivity index (χ3v) is 6.86. The molecule has 3 aromatic rings. The molecule has 1 aromatic heterocycles. The highest BCUT2D eigenvalue weighted by Crippen LogP contribution is 2.33. The Bertz CT molecular complexity index is 1180. The number of amides is 1. The van der Waals surface area contributed by atoms with E-state index in [1.54, 1.807) is 30.6 Å². The summed E-state index contributed by atoms with van der Waals surface area (Å²) >= 11 is 0. The molecule has 154 valence electrons. The minimum Gasteiger partial charge on any atom is -0.496 e. The van der Waals surface area contributed by atoms with Crippen molar-refractivity contribution in [1.82, 2.24) is 10.3 Å². The van der Waals surface area contributed by atoms with Gasteiger partial charge in [-0.05, 0) is 53.9 Å². The summed E-state index contributed by atoms with van der Waals surface area (Å²) in [5.74, 6) is -0.106. The van der Waals surface area contributed by atoms with E-state index in [2.05, 4.69) is 10.3 Å². The van der Waals surface area contributed by atoms with E-state index < -0.39 is 15.9 Å². The van der Waals surface area contributed by atoms with Gasteiger partial charge in [-0.2, -0.15) is 0 Å². The van der Waals surface area contributed by atoms with Crippen molar-refractivity contribution < 1.29 is 17.9 Å². The van der Waals surface area contributed by atoms with Gasteiger partial charge in [-0.3, -0.25) is 14.1 Å². The topological polar surface area (TPSA) is 88.6 Å². The van der Waals surface area contributed by atoms with Crippen molar-refractivity contribution in [2.24, 2.45) is 0 Å². The highest BCUT2D eigenvalue weighted by Gasteiger charge is 2.31. The number of methoxy groups -OCH3 is 1. The van der Waals surface area contributed by atoms with Crippen LogP contribution in [0.25, 0.3) is 0 Å². The Morgan fingerprint density at radius 1 is 1.13 bits per heavy atom. The highest BCUT2D eigenvalue weighted by molar-refractivity contribution is 7.92. The molecule has 0 saturated carbocycles. The van der Waals surface area contributed by atoms with Gasteiger partial charge < -0.3 is 10.1 Å². The lowest BCUT2D eigenvalue weighted by Gasteiger charge is -2.20. The van der Waals surface area contributed by atoms with E-state index in [0.717, 1.165) is 11.1 Å². The largest absolute Gasteiger partial charge is 0.496 e. The number of carbonyl (C=O) groups is 1. The third-order valence-electron chi connectivity index (χ3n) is 5.05. The van der Waals surface area contributed by atoms with Gasteiger partial charge in [-0.25, -0.2) is 8.42 Å². The van der Waals surface area contributed by atoms with Crippen LogP contribution >= 0.6 is 0 Å². The summed E-state index contributed by atoms with van der Waals surface area (Å²) in [4.78, 5) is 16.8. The van der Waals surface area contributed by atoms with Crippen LogP contribution in [-0.2, 0) is 23.0 Å². The second-order valence-corrected chi connectivity index (χ2v) is 8.72. The van der Waals surface area contributed by atoms with E-state index in [0.29, 0.717) is 30.9 Å². The number of aromatic nitrogens is 1. The number of hydrogen-bond donors (Lipinski definition) is 1. The molecule has 7 nitrogen and oxygen atoms in total. The SMILES string of the molecule is COc1ccc(S(=O)(=O)N2CCc3ccccc32)cc1C(=O)NCc1ccncc1. The Labute approximate surface area is 175 Å². The second-order valence-electron chi connectivity index (χ2n) is 6.86. The van der Waals surface area contributed by atoms with Gasteiger partial charge in [-0.1, -0.05) is 18.2 Å². The van der Waals surface area contributed by atoms with Crippen LogP contribution in [0.1, 0.15) is 21.5 Å². The maximum absolute atomic E-state index is 13.3. The number of sulfonamides is 1. The van der Waals surface area contributed by atoms with Crippen LogP contribution in [0.3, 0.4) is 0 Å². The predicted octanol–water partition coefficient (Wildman–Crippen LogP) is 2.77. The quantitative estimate of drug-likeness (QED) is 0.659. The van der Waals surface area contributed by atoms with E-state index in [4.69, 9.17) is 4.74 Å². The first-order valence-electron chi connectivity index (χ1n) is 9.46. The van der Waals surface area contributed by atoms with Crippen LogP contribution in [0.4, 0.5) is 5.69 Å². The number of fused-ring (bicyclic) bond motifs is 1. The number of para-hydroxylation sites is 1. The lowest BCUT2D eigenvalue weighted by molar-refractivity contribution is 0.0947. The average molecular weight is 423 g/mol. The van der Waals surface area contributed by atoms with E-state index in [-0.39, 0.29) is 10.5 Å². The molecule has 0 bridgehead atoms. The van der Waals surface area contributed by atoms with Crippen LogP contribution < -0.4 is 14.4 Å². The minimum absolute atomic E-state index is 0.0501. The summed E-state index contributed by atoms with van der Waals surface area (Å²) in [6, 6.07) is 15.4. The molecule has 0 fully saturated rings. The van der Waals surface area contributed by atoms with Crippen LogP contribution in [0, 0.1) is 0 Å². The van der Waals surface area contributed by atoms with Gasteiger partial charge >= 0.3 is 0 Å². The number of benzene rings is 2. The molecule has 0 saturated heterocycles. The molecule has 1 N–H and O–H groups in total. The van der Waals surface area contributed by atoms with Crippen LogP contribution in [0.15, 0.2) is 71.9 Å². The maximum atomic E-state index is 13.3. The normalized spacial score (nSPS) is 13.0. The van der Waals surface area contributed by atoms with Crippen molar-refractivity contribution in [3.63, 3.8) is 0 Å². The Morgan fingerprint density at radius 3 is 2.67 bits per heavy atom. The van der Waals surface area contributed by atoms with Gasteiger partial charge in [-0.15, -0.1) is 0 Å². The molecule has 0 aliphatic carbocycles. The Morgan fingerprint density at radius 2 is 1.90 bits per heavy atom. The molecule has 0 atom stereocenters. The monoisotopic (exact) mass is 423 g/mol. The number of ether oxygens (including phenoxy) is 1. The summed E-state index contributed by atoms with van der Waals surface area (Å²) in [5, 5.41) is 2.80. The fourth-order valence-corrected chi connectivity index (χ4v) is 5.02. The molecule has 1 amide bonds. The highest BCUT2D eigenvalue weighted by atomic mass is 32.2. The second kappa shape index (κ2) is 8.16. The molecule has 2 heterocycles. The number of pyridine rings is 1. The van der Waals surface area contributed by atoms with Crippen molar-refractivity contribution in [2.45, 2.75) is 17.9 Å². The van der Waals surface area contributed by atoms with Crippen LogP contribution in [0.2, 0.25) is 0 Å². The fourth-order valence-electron chi connectivity index (χ4n) is 3.49. The van der Waals surface area contributed by atoms with Crippen molar-refractivity contribution in [3.05, 3.63) is 83.7 Å². The van der Waals surface area contributed by atoms with Gasteiger partial charge in [0.1, 0.15) is 5.75 Å². The number of hydrogen-bond acceptors (Lipinski definition) is 5. The number of rotatable bonds is 6. The molecular formula is C22H21N3O4S. The van der Waals surface area contributed by atoms with Crippen LogP contribution in [-0.4, -0.2) is 33.0 Å². The van der Waals surface area contributed by atoms with Gasteiger partial charge in [0.15, 0.2) is 0 Å². The summed E-state index contributed by atoms with van der Waals surface area (Å²) in [6.07, 6.45) is 3.94. The Kier molecular flexibility index (Phi) is 5.41. The van der Waals surface area contributed by atoms with Crippen LogP contribution in [0.5, 0.6) is 5.75 Å². The summed E-state index contributed by atoms with van der Waals surface area (Å²) in [6.45, 7) is 0.665. The van der Waals surface area contributed by atoms with E-state index in [1.165, 1.54) is 29.6 Å². The number of carbonyl (C=O) groups excluding carboxylic acids is 1. The lowest BCUT2D eigenvalue weighted by atomic mass is 10.2. The first-order chi connectivity index (χ1) is 14.5. The first-order valence-corrected chi connectivity index (χ1v) is 10.9. The molecule has 0 radical (unpaired) electrons. The number of nitrogens with zero attached hydrogens (tertiary/aromatic N) is 2. The third kappa shape index (κ3) is 3.73. The van der Waals surface area contributed by atoms with Gasteiger partial charge in [0.25, 0.3) is 15.9 Å². The van der Waals surface area contributed by atoms with Crippen molar-refractivity contribution in [3.8, 4) is 5.75 Å². The smallest absolute Gasteiger partial charge is 0.264 e.